The van der Waals surface area contributed by atoms with Gasteiger partial charge in [0.2, 0.25) is 0 Å². The first-order valence-electron chi connectivity index (χ1n) is 10.1. The molecule has 3 aromatic carbocycles. The second-order valence-electron chi connectivity index (χ2n) is 7.09. The average molecular weight is 386 g/mol. The van der Waals surface area contributed by atoms with Gasteiger partial charge in [-0.15, -0.1) is 0 Å². The van der Waals surface area contributed by atoms with E-state index in [1.165, 1.54) is 5.56 Å². The SMILES string of the molecule is c1ccc(CCCOC(COc2ccccc2)Cn2cnc3ccccc32)cc1. The highest BCUT2D eigenvalue weighted by Crippen LogP contribution is 2.15. The Labute approximate surface area is 171 Å². The monoisotopic (exact) mass is 386 g/mol. The van der Waals surface area contributed by atoms with Gasteiger partial charge in [-0.05, 0) is 42.7 Å². The highest BCUT2D eigenvalue weighted by molar-refractivity contribution is 5.74. The zero-order valence-electron chi connectivity index (χ0n) is 16.5. The molecule has 148 valence electrons. The van der Waals surface area contributed by atoms with Gasteiger partial charge in [0.05, 0.1) is 23.9 Å². The summed E-state index contributed by atoms with van der Waals surface area (Å²) in [6, 6.07) is 28.6. The van der Waals surface area contributed by atoms with Crippen LogP contribution >= 0.6 is 0 Å². The Bertz CT molecular complexity index is 999. The summed E-state index contributed by atoms with van der Waals surface area (Å²) in [5.74, 6) is 0.862. The third kappa shape index (κ3) is 5.46. The first-order chi connectivity index (χ1) is 14.4. The Morgan fingerprint density at radius 2 is 1.55 bits per heavy atom. The molecular weight excluding hydrogens is 360 g/mol. The number of aromatic nitrogens is 2. The molecule has 4 heteroatoms. The number of rotatable bonds is 10. The van der Waals surface area contributed by atoms with Crippen LogP contribution < -0.4 is 4.74 Å². The van der Waals surface area contributed by atoms with Crippen LogP contribution in [0.1, 0.15) is 12.0 Å². The molecule has 0 saturated heterocycles. The molecule has 1 heterocycles. The molecule has 0 aliphatic carbocycles. The molecule has 0 aliphatic rings. The van der Waals surface area contributed by atoms with Gasteiger partial charge in [-0.25, -0.2) is 4.98 Å². The van der Waals surface area contributed by atoms with Crippen LogP contribution in [0.2, 0.25) is 0 Å². The average Bonchev–Trinajstić information content (AvgIpc) is 3.19. The van der Waals surface area contributed by atoms with Crippen LogP contribution in [0.3, 0.4) is 0 Å². The van der Waals surface area contributed by atoms with Crippen molar-refractivity contribution in [2.45, 2.75) is 25.5 Å². The van der Waals surface area contributed by atoms with Gasteiger partial charge < -0.3 is 14.0 Å². The van der Waals surface area contributed by atoms with E-state index in [2.05, 4.69) is 39.9 Å². The topological polar surface area (TPSA) is 36.3 Å². The third-order valence-electron chi connectivity index (χ3n) is 4.91. The fourth-order valence-electron chi connectivity index (χ4n) is 3.41. The number of para-hydroxylation sites is 3. The number of aryl methyl sites for hydroxylation is 1. The number of hydrogen-bond donors (Lipinski definition) is 0. The zero-order chi connectivity index (χ0) is 19.7. The summed E-state index contributed by atoms with van der Waals surface area (Å²) in [6.07, 6.45) is 3.83. The summed E-state index contributed by atoms with van der Waals surface area (Å²) in [6.45, 7) is 1.91. The normalized spacial score (nSPS) is 12.1. The summed E-state index contributed by atoms with van der Waals surface area (Å²) in [5, 5.41) is 0. The lowest BCUT2D eigenvalue weighted by atomic mass is 10.1. The predicted octanol–water partition coefficient (Wildman–Crippen LogP) is 5.13. The van der Waals surface area contributed by atoms with Crippen molar-refractivity contribution in [3.05, 3.63) is 96.8 Å². The molecule has 0 spiro atoms. The molecule has 1 unspecified atom stereocenters. The zero-order valence-corrected chi connectivity index (χ0v) is 16.5. The largest absolute Gasteiger partial charge is 0.491 e. The molecule has 4 rings (SSSR count). The second kappa shape index (κ2) is 9.89. The van der Waals surface area contributed by atoms with E-state index >= 15 is 0 Å². The van der Waals surface area contributed by atoms with E-state index in [0.29, 0.717) is 19.8 Å². The van der Waals surface area contributed by atoms with E-state index in [9.17, 15) is 0 Å². The Balaban J connectivity index is 1.37. The van der Waals surface area contributed by atoms with Crippen molar-refractivity contribution in [3.8, 4) is 5.75 Å². The predicted molar refractivity (Wildman–Crippen MR) is 116 cm³/mol. The smallest absolute Gasteiger partial charge is 0.119 e. The van der Waals surface area contributed by atoms with Gasteiger partial charge in [-0.3, -0.25) is 0 Å². The highest BCUT2D eigenvalue weighted by Gasteiger charge is 2.13. The van der Waals surface area contributed by atoms with E-state index < -0.39 is 0 Å². The molecule has 0 radical (unpaired) electrons. The van der Waals surface area contributed by atoms with E-state index in [0.717, 1.165) is 29.6 Å². The van der Waals surface area contributed by atoms with Crippen molar-refractivity contribution in [1.82, 2.24) is 9.55 Å². The second-order valence-corrected chi connectivity index (χ2v) is 7.09. The molecule has 0 saturated carbocycles. The lowest BCUT2D eigenvalue weighted by molar-refractivity contribution is 0.00954. The third-order valence-corrected chi connectivity index (χ3v) is 4.91. The van der Waals surface area contributed by atoms with Crippen molar-refractivity contribution in [1.29, 1.82) is 0 Å². The molecule has 4 nitrogen and oxygen atoms in total. The number of imidazole rings is 1. The van der Waals surface area contributed by atoms with Gasteiger partial charge >= 0.3 is 0 Å². The molecule has 0 fully saturated rings. The molecule has 1 atom stereocenters. The molecular formula is C25H26N2O2. The minimum atomic E-state index is -0.0522. The van der Waals surface area contributed by atoms with E-state index in [1.54, 1.807) is 0 Å². The maximum absolute atomic E-state index is 6.23. The Kier molecular flexibility index (Phi) is 6.56. The molecule has 0 N–H and O–H groups in total. The van der Waals surface area contributed by atoms with Crippen LogP contribution in [0.15, 0.2) is 91.3 Å². The molecule has 4 aromatic rings. The Morgan fingerprint density at radius 3 is 2.38 bits per heavy atom. The van der Waals surface area contributed by atoms with Crippen LogP contribution in [0.25, 0.3) is 11.0 Å². The summed E-state index contributed by atoms with van der Waals surface area (Å²) in [7, 11) is 0. The van der Waals surface area contributed by atoms with Crippen molar-refractivity contribution in [2.24, 2.45) is 0 Å². The highest BCUT2D eigenvalue weighted by atomic mass is 16.5. The quantitative estimate of drug-likeness (QED) is 0.354. The van der Waals surface area contributed by atoms with Gasteiger partial charge in [0.1, 0.15) is 18.5 Å². The number of fused-ring (bicyclic) bond motifs is 1. The first-order valence-corrected chi connectivity index (χ1v) is 10.1. The Hall–Kier alpha value is -3.11. The lowest BCUT2D eigenvalue weighted by Crippen LogP contribution is -2.27. The lowest BCUT2D eigenvalue weighted by Gasteiger charge is -2.20. The number of ether oxygens (including phenoxy) is 2. The maximum atomic E-state index is 6.23. The van der Waals surface area contributed by atoms with Gasteiger partial charge in [-0.2, -0.15) is 0 Å². The van der Waals surface area contributed by atoms with Crippen LogP contribution in [0, 0.1) is 0 Å². The summed E-state index contributed by atoms with van der Waals surface area (Å²) < 4.78 is 14.4. The number of nitrogens with zero attached hydrogens (tertiary/aromatic N) is 2. The summed E-state index contributed by atoms with van der Waals surface area (Å²) in [5.41, 5.74) is 3.46. The minimum absolute atomic E-state index is 0.0522. The van der Waals surface area contributed by atoms with Gasteiger partial charge in [0.25, 0.3) is 0 Å². The Morgan fingerprint density at radius 1 is 0.828 bits per heavy atom. The fraction of sp³-hybridized carbons (Fsp3) is 0.240. The van der Waals surface area contributed by atoms with Gasteiger partial charge in [-0.1, -0.05) is 60.7 Å². The maximum Gasteiger partial charge on any atom is 0.119 e. The first kappa shape index (κ1) is 19.2. The summed E-state index contributed by atoms with van der Waals surface area (Å²) in [4.78, 5) is 4.49. The number of benzene rings is 3. The van der Waals surface area contributed by atoms with Crippen molar-refractivity contribution < 1.29 is 9.47 Å². The van der Waals surface area contributed by atoms with Gasteiger partial charge in [0.15, 0.2) is 0 Å². The molecule has 0 aliphatic heterocycles. The van der Waals surface area contributed by atoms with Crippen molar-refractivity contribution in [3.63, 3.8) is 0 Å². The summed E-state index contributed by atoms with van der Waals surface area (Å²) >= 11 is 0. The number of hydrogen-bond acceptors (Lipinski definition) is 3. The standard InChI is InChI=1S/C25H26N2O2/c1-3-10-21(11-4-1)12-9-17-28-23(19-29-22-13-5-2-6-14-22)18-27-20-26-24-15-7-8-16-25(24)27/h1-8,10-11,13-16,20,23H,9,12,17-19H2. The minimum Gasteiger partial charge on any atom is -0.491 e. The molecule has 0 bridgehead atoms. The van der Waals surface area contributed by atoms with E-state index in [-0.39, 0.29) is 6.10 Å². The molecule has 1 aromatic heterocycles. The fourth-order valence-corrected chi connectivity index (χ4v) is 3.41. The van der Waals surface area contributed by atoms with Crippen LogP contribution in [0.4, 0.5) is 0 Å². The van der Waals surface area contributed by atoms with Crippen LogP contribution in [0.5, 0.6) is 5.75 Å². The molecule has 29 heavy (non-hydrogen) atoms. The van der Waals surface area contributed by atoms with E-state index in [4.69, 9.17) is 9.47 Å². The van der Waals surface area contributed by atoms with E-state index in [1.807, 2.05) is 60.9 Å². The van der Waals surface area contributed by atoms with Crippen molar-refractivity contribution >= 4 is 11.0 Å². The van der Waals surface area contributed by atoms with Crippen LogP contribution in [-0.4, -0.2) is 28.9 Å². The van der Waals surface area contributed by atoms with Crippen molar-refractivity contribution in [2.75, 3.05) is 13.2 Å². The van der Waals surface area contributed by atoms with Crippen LogP contribution in [-0.2, 0) is 17.7 Å². The molecule has 0 amide bonds. The van der Waals surface area contributed by atoms with Gasteiger partial charge in [0, 0.05) is 6.61 Å².